The molecule has 0 bridgehead atoms. The minimum atomic E-state index is -0.857. The highest BCUT2D eigenvalue weighted by Crippen LogP contribution is 2.40. The Hall–Kier alpha value is -1.65. The second-order valence-electron chi connectivity index (χ2n) is 5.23. The van der Waals surface area contributed by atoms with E-state index in [1.54, 1.807) is 0 Å². The number of nitrogens with zero attached hydrogens (tertiary/aromatic N) is 1. The van der Waals surface area contributed by atoms with Crippen LogP contribution in [0.4, 0.5) is 0 Å². The summed E-state index contributed by atoms with van der Waals surface area (Å²) in [6.07, 6.45) is 7.12. The zero-order chi connectivity index (χ0) is 13.2. The van der Waals surface area contributed by atoms with Gasteiger partial charge < -0.3 is 5.11 Å². The van der Waals surface area contributed by atoms with Crippen molar-refractivity contribution in [2.75, 3.05) is 6.54 Å². The van der Waals surface area contributed by atoms with Gasteiger partial charge in [0.05, 0.1) is 6.42 Å². The van der Waals surface area contributed by atoms with Crippen molar-refractivity contribution in [3.05, 3.63) is 12.2 Å². The Morgan fingerprint density at radius 3 is 2.22 bits per heavy atom. The van der Waals surface area contributed by atoms with Crippen LogP contribution in [0.5, 0.6) is 0 Å². The summed E-state index contributed by atoms with van der Waals surface area (Å²) >= 11 is 0. The zero-order valence-electron chi connectivity index (χ0n) is 10.2. The highest BCUT2D eigenvalue weighted by Gasteiger charge is 2.39. The number of carboxylic acids is 1. The minimum absolute atomic E-state index is 0.0318. The van der Waals surface area contributed by atoms with Crippen molar-refractivity contribution in [3.63, 3.8) is 0 Å². The molecule has 1 aliphatic carbocycles. The molecule has 18 heavy (non-hydrogen) atoms. The number of carbonyl (C=O) groups is 3. The van der Waals surface area contributed by atoms with Crippen molar-refractivity contribution in [1.29, 1.82) is 0 Å². The van der Waals surface area contributed by atoms with Crippen molar-refractivity contribution in [2.45, 2.75) is 38.5 Å². The van der Waals surface area contributed by atoms with Gasteiger partial charge in [0.25, 0.3) is 11.8 Å². The van der Waals surface area contributed by atoms with Crippen LogP contribution in [0.1, 0.15) is 38.5 Å². The third kappa shape index (κ3) is 2.60. The molecule has 5 nitrogen and oxygen atoms in total. The predicted octanol–water partition coefficient (Wildman–Crippen LogP) is 1.34. The van der Waals surface area contributed by atoms with Gasteiger partial charge in [-0.2, -0.15) is 0 Å². The molecule has 0 aromatic rings. The van der Waals surface area contributed by atoms with E-state index >= 15 is 0 Å². The fraction of sp³-hybridized carbons (Fsp3) is 0.615. The molecule has 0 radical (unpaired) electrons. The largest absolute Gasteiger partial charge is 0.481 e. The van der Waals surface area contributed by atoms with E-state index in [2.05, 4.69) is 0 Å². The lowest BCUT2D eigenvalue weighted by atomic mass is 9.71. The Labute approximate surface area is 105 Å². The zero-order valence-corrected chi connectivity index (χ0v) is 10.2. The lowest BCUT2D eigenvalue weighted by molar-refractivity contribution is -0.145. The molecule has 1 saturated carbocycles. The second kappa shape index (κ2) is 4.92. The van der Waals surface area contributed by atoms with Crippen LogP contribution in [0.15, 0.2) is 12.2 Å². The first-order valence-electron chi connectivity index (χ1n) is 6.28. The lowest BCUT2D eigenvalue weighted by Crippen LogP contribution is -2.43. The predicted molar refractivity (Wildman–Crippen MR) is 63.6 cm³/mol. The van der Waals surface area contributed by atoms with E-state index in [9.17, 15) is 14.4 Å². The Morgan fingerprint density at radius 1 is 1.17 bits per heavy atom. The summed E-state index contributed by atoms with van der Waals surface area (Å²) in [5, 5.41) is 9.03. The molecule has 1 aliphatic heterocycles. The number of hydrogen-bond donors (Lipinski definition) is 1. The number of carbonyl (C=O) groups excluding carboxylic acids is 2. The molecule has 0 unspecified atom stereocenters. The molecule has 0 spiro atoms. The van der Waals surface area contributed by atoms with Gasteiger partial charge in [0.15, 0.2) is 0 Å². The Morgan fingerprint density at radius 2 is 1.72 bits per heavy atom. The van der Waals surface area contributed by atoms with Crippen molar-refractivity contribution in [1.82, 2.24) is 4.90 Å². The van der Waals surface area contributed by atoms with Crippen LogP contribution in [0.25, 0.3) is 0 Å². The Kier molecular flexibility index (Phi) is 3.50. The number of imide groups is 1. The van der Waals surface area contributed by atoms with Crippen LogP contribution >= 0.6 is 0 Å². The molecule has 2 aliphatic rings. The first-order chi connectivity index (χ1) is 8.52. The summed E-state index contributed by atoms with van der Waals surface area (Å²) in [5.74, 6) is -1.50. The molecule has 0 saturated heterocycles. The molecule has 0 aromatic carbocycles. The molecule has 0 aromatic heterocycles. The van der Waals surface area contributed by atoms with Crippen molar-refractivity contribution < 1.29 is 19.5 Å². The molecule has 0 atom stereocenters. The normalized spacial score (nSPS) is 22.6. The van der Waals surface area contributed by atoms with E-state index < -0.39 is 11.4 Å². The van der Waals surface area contributed by atoms with Crippen LogP contribution in [0.2, 0.25) is 0 Å². The van der Waals surface area contributed by atoms with Crippen LogP contribution in [0, 0.1) is 5.41 Å². The SMILES string of the molecule is O=C(O)CC1(CN2C(=O)C=CC2=O)CCCCC1. The monoisotopic (exact) mass is 251 g/mol. The maximum atomic E-state index is 11.6. The quantitative estimate of drug-likeness (QED) is 0.765. The third-order valence-electron chi connectivity index (χ3n) is 3.83. The van der Waals surface area contributed by atoms with E-state index in [1.165, 1.54) is 17.1 Å². The van der Waals surface area contributed by atoms with E-state index in [1.807, 2.05) is 0 Å². The first-order valence-corrected chi connectivity index (χ1v) is 6.28. The summed E-state index contributed by atoms with van der Waals surface area (Å²) < 4.78 is 0. The third-order valence-corrected chi connectivity index (χ3v) is 3.83. The topological polar surface area (TPSA) is 74.7 Å². The van der Waals surface area contributed by atoms with Crippen LogP contribution in [-0.2, 0) is 14.4 Å². The number of hydrogen-bond acceptors (Lipinski definition) is 3. The van der Waals surface area contributed by atoms with Gasteiger partial charge in [0.2, 0.25) is 0 Å². The average molecular weight is 251 g/mol. The van der Waals surface area contributed by atoms with E-state index in [0.717, 1.165) is 32.1 Å². The molecule has 1 heterocycles. The van der Waals surface area contributed by atoms with Gasteiger partial charge in [-0.15, -0.1) is 0 Å². The molecule has 2 rings (SSSR count). The molecule has 2 amide bonds. The summed E-state index contributed by atoms with van der Waals surface area (Å²) in [7, 11) is 0. The van der Waals surface area contributed by atoms with E-state index in [0.29, 0.717) is 0 Å². The molecule has 5 heteroatoms. The summed E-state index contributed by atoms with van der Waals surface area (Å²) in [5.41, 5.74) is -0.429. The second-order valence-corrected chi connectivity index (χ2v) is 5.23. The van der Waals surface area contributed by atoms with Gasteiger partial charge in [-0.3, -0.25) is 19.3 Å². The molecular formula is C13H17NO4. The maximum absolute atomic E-state index is 11.6. The molecule has 98 valence electrons. The fourth-order valence-electron chi connectivity index (χ4n) is 2.94. The van der Waals surface area contributed by atoms with Gasteiger partial charge in [0, 0.05) is 18.7 Å². The number of amides is 2. The van der Waals surface area contributed by atoms with Gasteiger partial charge in [-0.25, -0.2) is 0 Å². The maximum Gasteiger partial charge on any atom is 0.303 e. The summed E-state index contributed by atoms with van der Waals surface area (Å²) in [6, 6.07) is 0. The van der Waals surface area contributed by atoms with E-state index in [4.69, 9.17) is 5.11 Å². The summed E-state index contributed by atoms with van der Waals surface area (Å²) in [6.45, 7) is 0.240. The van der Waals surface area contributed by atoms with Crippen LogP contribution in [-0.4, -0.2) is 34.3 Å². The lowest BCUT2D eigenvalue weighted by Gasteiger charge is -2.38. The van der Waals surface area contributed by atoms with Crippen molar-refractivity contribution in [2.24, 2.45) is 5.41 Å². The van der Waals surface area contributed by atoms with Gasteiger partial charge in [0.1, 0.15) is 0 Å². The van der Waals surface area contributed by atoms with E-state index in [-0.39, 0.29) is 24.8 Å². The van der Waals surface area contributed by atoms with Crippen molar-refractivity contribution >= 4 is 17.8 Å². The Bertz CT molecular complexity index is 389. The standard InChI is InChI=1S/C13H17NO4/c15-10-4-5-11(16)14(10)9-13(8-12(17)18)6-2-1-3-7-13/h4-5H,1-3,6-9H2,(H,17,18). The van der Waals surface area contributed by atoms with Gasteiger partial charge in [-0.05, 0) is 18.3 Å². The Balaban J connectivity index is 2.12. The molecule has 1 fully saturated rings. The smallest absolute Gasteiger partial charge is 0.303 e. The average Bonchev–Trinajstić information content (AvgIpc) is 2.61. The molecular weight excluding hydrogens is 234 g/mol. The van der Waals surface area contributed by atoms with Crippen molar-refractivity contribution in [3.8, 4) is 0 Å². The number of aliphatic carboxylic acids is 1. The minimum Gasteiger partial charge on any atom is -0.481 e. The highest BCUT2D eigenvalue weighted by atomic mass is 16.4. The van der Waals surface area contributed by atoms with Crippen LogP contribution in [0.3, 0.4) is 0 Å². The van der Waals surface area contributed by atoms with Gasteiger partial charge in [-0.1, -0.05) is 19.3 Å². The first kappa shape index (κ1) is 12.8. The number of carboxylic acid groups (broad SMARTS) is 1. The summed E-state index contributed by atoms with van der Waals surface area (Å²) in [4.78, 5) is 35.3. The molecule has 1 N–H and O–H groups in total. The van der Waals surface area contributed by atoms with Gasteiger partial charge >= 0.3 is 5.97 Å². The van der Waals surface area contributed by atoms with Crippen LogP contribution < -0.4 is 0 Å². The number of rotatable bonds is 4. The highest BCUT2D eigenvalue weighted by molar-refractivity contribution is 6.12. The fourth-order valence-corrected chi connectivity index (χ4v) is 2.94.